The van der Waals surface area contributed by atoms with Crippen LogP contribution in [0.1, 0.15) is 0 Å². The molecule has 2 heterocycles. The van der Waals surface area contributed by atoms with Crippen LogP contribution in [-0.4, -0.2) is 23.8 Å². The Morgan fingerprint density at radius 1 is 1.31 bits per heavy atom. The second-order valence-electron chi connectivity index (χ2n) is 3.36. The van der Waals surface area contributed by atoms with Crippen molar-refractivity contribution in [3.8, 4) is 11.6 Å². The molecule has 5 nitrogen and oxygen atoms in total. The van der Waals surface area contributed by atoms with Gasteiger partial charge in [0.1, 0.15) is 5.65 Å². The highest BCUT2D eigenvalue weighted by atomic mass is 16.5. The fraction of sp³-hybridized carbons (Fsp3) is 0.273. The molecule has 0 aliphatic carbocycles. The van der Waals surface area contributed by atoms with Crippen LogP contribution in [0.15, 0.2) is 23.1 Å². The Kier molecular flexibility index (Phi) is 2.52. The number of aryl methyl sites for hydroxylation is 1. The lowest BCUT2D eigenvalue weighted by molar-refractivity contribution is 0.344. The van der Waals surface area contributed by atoms with Crippen molar-refractivity contribution in [1.82, 2.24) is 9.55 Å². The van der Waals surface area contributed by atoms with Gasteiger partial charge in [0.25, 0.3) is 5.88 Å². The van der Waals surface area contributed by atoms with Crippen LogP contribution in [0, 0.1) is 0 Å². The molecule has 2 rings (SSSR count). The summed E-state index contributed by atoms with van der Waals surface area (Å²) in [5.74, 6) is 0.828. The Morgan fingerprint density at radius 2 is 2.06 bits per heavy atom. The van der Waals surface area contributed by atoms with Crippen LogP contribution in [-0.2, 0) is 7.05 Å². The number of fused-ring (bicyclic) bond motifs is 1. The molecule has 16 heavy (non-hydrogen) atoms. The smallest absolute Gasteiger partial charge is 0.258 e. The molecule has 0 spiro atoms. The van der Waals surface area contributed by atoms with E-state index in [2.05, 4.69) is 4.98 Å². The summed E-state index contributed by atoms with van der Waals surface area (Å²) in [7, 11) is 4.84. The Bertz CT molecular complexity index is 590. The standard InChI is InChI=1S/C11H12N2O3/c1-13-5-4-8(14)7-6-9(15-2)11(16-3)12-10(7)13/h4-6H,1-3H3. The minimum absolute atomic E-state index is 0.0819. The van der Waals surface area contributed by atoms with Crippen molar-refractivity contribution in [3.05, 3.63) is 28.6 Å². The lowest BCUT2D eigenvalue weighted by Crippen LogP contribution is -2.08. The summed E-state index contributed by atoms with van der Waals surface area (Å²) in [5.41, 5.74) is 0.492. The van der Waals surface area contributed by atoms with Crippen molar-refractivity contribution >= 4 is 11.0 Å². The van der Waals surface area contributed by atoms with Crippen molar-refractivity contribution < 1.29 is 9.47 Å². The maximum Gasteiger partial charge on any atom is 0.258 e. The SMILES string of the molecule is COc1cc2c(=O)ccn(C)c2nc1OC. The molecule has 0 amide bonds. The number of ether oxygens (including phenoxy) is 2. The fourth-order valence-electron chi connectivity index (χ4n) is 1.55. The zero-order valence-corrected chi connectivity index (χ0v) is 9.35. The third-order valence-corrected chi connectivity index (χ3v) is 2.40. The van der Waals surface area contributed by atoms with Gasteiger partial charge in [0.2, 0.25) is 0 Å². The van der Waals surface area contributed by atoms with E-state index in [-0.39, 0.29) is 5.43 Å². The van der Waals surface area contributed by atoms with Gasteiger partial charge in [0.05, 0.1) is 19.6 Å². The van der Waals surface area contributed by atoms with Crippen LogP contribution in [0.5, 0.6) is 11.6 Å². The molecule has 0 radical (unpaired) electrons. The van der Waals surface area contributed by atoms with E-state index in [1.807, 2.05) is 7.05 Å². The highest BCUT2D eigenvalue weighted by Crippen LogP contribution is 2.26. The molecule has 0 N–H and O–H groups in total. The lowest BCUT2D eigenvalue weighted by atomic mass is 10.2. The van der Waals surface area contributed by atoms with Crippen LogP contribution < -0.4 is 14.9 Å². The van der Waals surface area contributed by atoms with Crippen molar-refractivity contribution in [2.24, 2.45) is 7.05 Å². The Morgan fingerprint density at radius 3 is 2.69 bits per heavy atom. The van der Waals surface area contributed by atoms with Gasteiger partial charge in [-0.15, -0.1) is 0 Å². The number of aromatic nitrogens is 2. The summed E-state index contributed by atoms with van der Waals surface area (Å²) in [4.78, 5) is 15.9. The van der Waals surface area contributed by atoms with Gasteiger partial charge in [-0.25, -0.2) is 0 Å². The third-order valence-electron chi connectivity index (χ3n) is 2.40. The van der Waals surface area contributed by atoms with E-state index in [0.717, 1.165) is 0 Å². The van der Waals surface area contributed by atoms with Gasteiger partial charge in [0, 0.05) is 25.4 Å². The van der Waals surface area contributed by atoms with Gasteiger partial charge in [-0.3, -0.25) is 4.79 Å². The predicted molar refractivity (Wildman–Crippen MR) is 60.1 cm³/mol. The molecule has 84 valence electrons. The lowest BCUT2D eigenvalue weighted by Gasteiger charge is -2.09. The quantitative estimate of drug-likeness (QED) is 0.756. The largest absolute Gasteiger partial charge is 0.491 e. The minimum Gasteiger partial charge on any atom is -0.491 e. The minimum atomic E-state index is -0.0819. The highest BCUT2D eigenvalue weighted by Gasteiger charge is 2.10. The molecule has 0 aliphatic rings. The first-order valence-corrected chi connectivity index (χ1v) is 4.75. The molecule has 0 saturated carbocycles. The number of nitrogens with zero attached hydrogens (tertiary/aromatic N) is 2. The summed E-state index contributed by atoms with van der Waals surface area (Å²) in [6, 6.07) is 3.14. The molecule has 0 saturated heterocycles. The van der Waals surface area contributed by atoms with Crippen LogP contribution in [0.2, 0.25) is 0 Å². The number of hydrogen-bond acceptors (Lipinski definition) is 4. The van der Waals surface area contributed by atoms with Crippen molar-refractivity contribution in [2.75, 3.05) is 14.2 Å². The van der Waals surface area contributed by atoms with Crippen molar-refractivity contribution in [3.63, 3.8) is 0 Å². The number of hydrogen-bond donors (Lipinski definition) is 0. The fourth-order valence-corrected chi connectivity index (χ4v) is 1.55. The summed E-state index contributed by atoms with van der Waals surface area (Å²) < 4.78 is 12.0. The molecule has 0 atom stereocenters. The molecule has 0 aromatic carbocycles. The van der Waals surface area contributed by atoms with E-state index >= 15 is 0 Å². The normalized spacial score (nSPS) is 10.4. The van der Waals surface area contributed by atoms with E-state index in [1.54, 1.807) is 16.8 Å². The number of rotatable bonds is 2. The zero-order valence-electron chi connectivity index (χ0n) is 9.35. The maximum atomic E-state index is 11.6. The van der Waals surface area contributed by atoms with Crippen LogP contribution in [0.25, 0.3) is 11.0 Å². The average Bonchev–Trinajstić information content (AvgIpc) is 2.32. The van der Waals surface area contributed by atoms with Crippen molar-refractivity contribution in [2.45, 2.75) is 0 Å². The Labute approximate surface area is 92.2 Å². The first-order valence-electron chi connectivity index (χ1n) is 4.75. The summed E-state index contributed by atoms with van der Waals surface area (Å²) in [5, 5.41) is 0.516. The number of pyridine rings is 2. The summed E-state index contributed by atoms with van der Waals surface area (Å²) in [6.45, 7) is 0. The summed E-state index contributed by atoms with van der Waals surface area (Å²) >= 11 is 0. The molecule has 0 bridgehead atoms. The predicted octanol–water partition coefficient (Wildman–Crippen LogP) is 0.951. The van der Waals surface area contributed by atoms with Crippen LogP contribution in [0.3, 0.4) is 0 Å². The molecule has 2 aromatic heterocycles. The van der Waals surface area contributed by atoms with E-state index in [1.165, 1.54) is 20.3 Å². The topological polar surface area (TPSA) is 53.4 Å². The first-order chi connectivity index (χ1) is 7.67. The van der Waals surface area contributed by atoms with Gasteiger partial charge < -0.3 is 14.0 Å². The van der Waals surface area contributed by atoms with Gasteiger partial charge >= 0.3 is 0 Å². The molecule has 2 aromatic rings. The van der Waals surface area contributed by atoms with Crippen molar-refractivity contribution in [1.29, 1.82) is 0 Å². The molecular formula is C11H12N2O3. The monoisotopic (exact) mass is 220 g/mol. The molecule has 0 fully saturated rings. The molecule has 0 aliphatic heterocycles. The second-order valence-corrected chi connectivity index (χ2v) is 3.36. The Hall–Kier alpha value is -2.04. The van der Waals surface area contributed by atoms with Gasteiger partial charge in [-0.2, -0.15) is 4.98 Å². The molecule has 0 unspecified atom stereocenters. The molecular weight excluding hydrogens is 208 g/mol. The van der Waals surface area contributed by atoms with E-state index < -0.39 is 0 Å². The second kappa shape index (κ2) is 3.84. The average molecular weight is 220 g/mol. The summed E-state index contributed by atoms with van der Waals surface area (Å²) in [6.07, 6.45) is 1.67. The van der Waals surface area contributed by atoms with E-state index in [0.29, 0.717) is 22.7 Å². The maximum absolute atomic E-state index is 11.6. The van der Waals surface area contributed by atoms with E-state index in [4.69, 9.17) is 9.47 Å². The van der Waals surface area contributed by atoms with Gasteiger partial charge in [-0.1, -0.05) is 0 Å². The first kappa shape index (κ1) is 10.5. The van der Waals surface area contributed by atoms with Gasteiger partial charge in [0.15, 0.2) is 11.2 Å². The number of methoxy groups -OCH3 is 2. The van der Waals surface area contributed by atoms with Crippen LogP contribution >= 0.6 is 0 Å². The Balaban J connectivity index is 2.88. The highest BCUT2D eigenvalue weighted by molar-refractivity contribution is 5.77. The third kappa shape index (κ3) is 1.50. The zero-order chi connectivity index (χ0) is 11.7. The van der Waals surface area contributed by atoms with Crippen LogP contribution in [0.4, 0.5) is 0 Å². The van der Waals surface area contributed by atoms with E-state index in [9.17, 15) is 4.79 Å². The molecule has 5 heteroatoms. The van der Waals surface area contributed by atoms with Gasteiger partial charge in [-0.05, 0) is 0 Å².